The molecule has 0 radical (unpaired) electrons. The van der Waals surface area contributed by atoms with Crippen LogP contribution in [0.5, 0.6) is 0 Å². The molecule has 3 heterocycles. The van der Waals surface area contributed by atoms with E-state index >= 15 is 0 Å². The number of piperidine rings is 1. The Hall–Kier alpha value is -2.21. The highest BCUT2D eigenvalue weighted by molar-refractivity contribution is 5.93. The van der Waals surface area contributed by atoms with Crippen LogP contribution in [0.15, 0.2) is 24.4 Å². The molecule has 1 fully saturated rings. The first kappa shape index (κ1) is 19.5. The molecule has 0 spiro atoms. The fourth-order valence-electron chi connectivity index (χ4n) is 3.77. The van der Waals surface area contributed by atoms with E-state index in [4.69, 9.17) is 0 Å². The summed E-state index contributed by atoms with van der Waals surface area (Å²) in [7, 11) is 0. The van der Waals surface area contributed by atoms with Crippen LogP contribution >= 0.6 is 0 Å². The number of pyridine rings is 1. The third-order valence-corrected chi connectivity index (χ3v) is 5.28. The Kier molecular flexibility index (Phi) is 6.61. The predicted molar refractivity (Wildman–Crippen MR) is 107 cm³/mol. The second-order valence-electron chi connectivity index (χ2n) is 7.49. The van der Waals surface area contributed by atoms with Crippen LogP contribution in [0.4, 0.5) is 0 Å². The van der Waals surface area contributed by atoms with Gasteiger partial charge in [-0.15, -0.1) is 0 Å². The third-order valence-electron chi connectivity index (χ3n) is 5.28. The molecule has 6 heteroatoms. The van der Waals surface area contributed by atoms with Crippen molar-refractivity contribution >= 4 is 5.91 Å². The highest BCUT2D eigenvalue weighted by Gasteiger charge is 2.22. The Morgan fingerprint density at radius 1 is 1.30 bits per heavy atom. The van der Waals surface area contributed by atoms with E-state index < -0.39 is 0 Å². The van der Waals surface area contributed by atoms with Crippen molar-refractivity contribution in [2.45, 2.75) is 58.9 Å². The summed E-state index contributed by atoms with van der Waals surface area (Å²) in [5.41, 5.74) is 2.58. The first-order valence-electron chi connectivity index (χ1n) is 10.1. The normalized spacial score (nSPS) is 17.8. The molecule has 6 nitrogen and oxygen atoms in total. The van der Waals surface area contributed by atoms with E-state index in [1.165, 1.54) is 32.1 Å². The van der Waals surface area contributed by atoms with Gasteiger partial charge in [-0.3, -0.25) is 9.69 Å². The molecular weight excluding hydrogens is 338 g/mol. The minimum atomic E-state index is -0.0524. The summed E-state index contributed by atoms with van der Waals surface area (Å²) in [6, 6.07) is 6.14. The quantitative estimate of drug-likeness (QED) is 0.814. The van der Waals surface area contributed by atoms with Crippen LogP contribution in [0.2, 0.25) is 0 Å². The van der Waals surface area contributed by atoms with Gasteiger partial charge in [0.05, 0.1) is 11.3 Å². The Balaban J connectivity index is 1.58. The van der Waals surface area contributed by atoms with Crippen LogP contribution in [0.1, 0.15) is 60.8 Å². The SMILES string of the molecule is CCCCN1CCCCC1CNC(=O)c1ccc(-n2nc(C)cc2C)nc1. The minimum Gasteiger partial charge on any atom is -0.350 e. The summed E-state index contributed by atoms with van der Waals surface area (Å²) in [6.45, 7) is 9.18. The number of nitrogens with one attached hydrogen (secondary N) is 1. The molecule has 1 aliphatic heterocycles. The number of carbonyl (C=O) groups is 1. The van der Waals surface area contributed by atoms with Crippen LogP contribution in [0.3, 0.4) is 0 Å². The Labute approximate surface area is 162 Å². The Morgan fingerprint density at radius 2 is 2.15 bits per heavy atom. The number of unbranched alkanes of at least 4 members (excludes halogenated alkanes) is 1. The summed E-state index contributed by atoms with van der Waals surface area (Å²) in [5.74, 6) is 0.679. The largest absolute Gasteiger partial charge is 0.350 e. The van der Waals surface area contributed by atoms with E-state index in [1.807, 2.05) is 32.0 Å². The van der Waals surface area contributed by atoms with Crippen molar-refractivity contribution in [2.75, 3.05) is 19.6 Å². The fourth-order valence-corrected chi connectivity index (χ4v) is 3.77. The van der Waals surface area contributed by atoms with E-state index in [0.717, 1.165) is 30.3 Å². The van der Waals surface area contributed by atoms with Gasteiger partial charge in [-0.1, -0.05) is 19.8 Å². The number of hydrogen-bond acceptors (Lipinski definition) is 4. The first-order valence-corrected chi connectivity index (χ1v) is 10.1. The van der Waals surface area contributed by atoms with Crippen molar-refractivity contribution < 1.29 is 4.79 Å². The van der Waals surface area contributed by atoms with Crippen LogP contribution < -0.4 is 5.32 Å². The van der Waals surface area contributed by atoms with Crippen molar-refractivity contribution in [1.82, 2.24) is 25.0 Å². The zero-order valence-corrected chi connectivity index (χ0v) is 16.7. The molecule has 1 aliphatic rings. The number of rotatable bonds is 7. The van der Waals surface area contributed by atoms with E-state index in [1.54, 1.807) is 10.9 Å². The van der Waals surface area contributed by atoms with Crippen LogP contribution in [0.25, 0.3) is 5.82 Å². The molecule has 2 aromatic heterocycles. The zero-order chi connectivity index (χ0) is 19.2. The van der Waals surface area contributed by atoms with E-state index in [9.17, 15) is 4.79 Å². The Morgan fingerprint density at radius 3 is 2.81 bits per heavy atom. The van der Waals surface area contributed by atoms with Gasteiger partial charge in [0.15, 0.2) is 5.82 Å². The van der Waals surface area contributed by atoms with Crippen LogP contribution in [-0.4, -0.2) is 51.2 Å². The summed E-state index contributed by atoms with van der Waals surface area (Å²) >= 11 is 0. The molecular formula is C21H31N5O. The second-order valence-corrected chi connectivity index (χ2v) is 7.49. The second kappa shape index (κ2) is 9.13. The lowest BCUT2D eigenvalue weighted by Gasteiger charge is -2.35. The highest BCUT2D eigenvalue weighted by Crippen LogP contribution is 2.17. The number of carbonyl (C=O) groups excluding carboxylic acids is 1. The van der Waals surface area contributed by atoms with Gasteiger partial charge >= 0.3 is 0 Å². The van der Waals surface area contributed by atoms with Crippen molar-refractivity contribution in [1.29, 1.82) is 0 Å². The fraction of sp³-hybridized carbons (Fsp3) is 0.571. The van der Waals surface area contributed by atoms with Crippen molar-refractivity contribution in [2.24, 2.45) is 0 Å². The van der Waals surface area contributed by atoms with Crippen molar-refractivity contribution in [3.8, 4) is 5.82 Å². The lowest BCUT2D eigenvalue weighted by Crippen LogP contribution is -2.47. The van der Waals surface area contributed by atoms with E-state index in [2.05, 4.69) is 27.2 Å². The van der Waals surface area contributed by atoms with Gasteiger partial charge in [-0.05, 0) is 64.4 Å². The van der Waals surface area contributed by atoms with Gasteiger partial charge in [0.2, 0.25) is 0 Å². The summed E-state index contributed by atoms with van der Waals surface area (Å²) in [4.78, 5) is 19.5. The zero-order valence-electron chi connectivity index (χ0n) is 16.7. The van der Waals surface area contributed by atoms with Gasteiger partial charge in [0.1, 0.15) is 0 Å². The molecule has 146 valence electrons. The van der Waals surface area contributed by atoms with Crippen molar-refractivity contribution in [3.63, 3.8) is 0 Å². The average molecular weight is 370 g/mol. The van der Waals surface area contributed by atoms with Gasteiger partial charge in [-0.25, -0.2) is 9.67 Å². The van der Waals surface area contributed by atoms with E-state index in [-0.39, 0.29) is 5.91 Å². The van der Waals surface area contributed by atoms with Gasteiger partial charge in [0.25, 0.3) is 5.91 Å². The lowest BCUT2D eigenvalue weighted by atomic mass is 10.0. The Bertz CT molecular complexity index is 752. The lowest BCUT2D eigenvalue weighted by molar-refractivity contribution is 0.0912. The molecule has 1 saturated heterocycles. The summed E-state index contributed by atoms with van der Waals surface area (Å²) < 4.78 is 1.80. The monoisotopic (exact) mass is 369 g/mol. The number of amides is 1. The maximum Gasteiger partial charge on any atom is 0.252 e. The molecule has 3 rings (SSSR count). The molecule has 0 bridgehead atoms. The minimum absolute atomic E-state index is 0.0524. The summed E-state index contributed by atoms with van der Waals surface area (Å²) in [5, 5.41) is 7.54. The van der Waals surface area contributed by atoms with Crippen LogP contribution in [0, 0.1) is 13.8 Å². The first-order chi connectivity index (χ1) is 13.1. The summed E-state index contributed by atoms with van der Waals surface area (Å²) in [6.07, 6.45) is 7.76. The smallest absolute Gasteiger partial charge is 0.252 e. The predicted octanol–water partition coefficient (Wildman–Crippen LogP) is 3.27. The molecule has 1 N–H and O–H groups in total. The van der Waals surface area contributed by atoms with Crippen LogP contribution in [-0.2, 0) is 0 Å². The molecule has 27 heavy (non-hydrogen) atoms. The standard InChI is InChI=1S/C21H31N5O/c1-4-5-11-25-12-7-6-8-19(25)15-23-21(27)18-9-10-20(22-14-18)26-17(3)13-16(2)24-26/h9-10,13-14,19H,4-8,11-12,15H2,1-3H3,(H,23,27). The number of aryl methyl sites for hydroxylation is 2. The number of nitrogens with zero attached hydrogens (tertiary/aromatic N) is 4. The molecule has 0 aliphatic carbocycles. The molecule has 1 unspecified atom stereocenters. The average Bonchev–Trinajstić information content (AvgIpc) is 3.03. The number of hydrogen-bond donors (Lipinski definition) is 1. The number of likely N-dealkylation sites (tertiary alicyclic amines) is 1. The van der Waals surface area contributed by atoms with Gasteiger partial charge < -0.3 is 5.32 Å². The molecule has 0 saturated carbocycles. The van der Waals surface area contributed by atoms with E-state index in [0.29, 0.717) is 18.2 Å². The molecule has 0 aromatic carbocycles. The number of aromatic nitrogens is 3. The third kappa shape index (κ3) is 4.95. The highest BCUT2D eigenvalue weighted by atomic mass is 16.1. The van der Waals surface area contributed by atoms with Gasteiger partial charge in [-0.2, -0.15) is 5.10 Å². The molecule has 2 aromatic rings. The molecule has 1 amide bonds. The topological polar surface area (TPSA) is 63.1 Å². The maximum atomic E-state index is 12.5. The maximum absolute atomic E-state index is 12.5. The van der Waals surface area contributed by atoms with Gasteiger partial charge in [0, 0.05) is 24.5 Å². The molecule has 1 atom stereocenters. The van der Waals surface area contributed by atoms with Crippen molar-refractivity contribution in [3.05, 3.63) is 41.3 Å².